The summed E-state index contributed by atoms with van der Waals surface area (Å²) in [6.07, 6.45) is 8.42. The van der Waals surface area contributed by atoms with Crippen LogP contribution >= 0.6 is 0 Å². The normalized spacial score (nSPS) is 11.3. The van der Waals surface area contributed by atoms with Gasteiger partial charge in [-0.05, 0) is 29.8 Å². The van der Waals surface area contributed by atoms with Crippen LogP contribution in [0.4, 0.5) is 10.1 Å². The summed E-state index contributed by atoms with van der Waals surface area (Å²) in [6, 6.07) is 10.9. The first-order valence-corrected chi connectivity index (χ1v) is 10.0. The highest BCUT2D eigenvalue weighted by molar-refractivity contribution is 5.85. The van der Waals surface area contributed by atoms with Gasteiger partial charge in [0.2, 0.25) is 0 Å². The molecule has 2 N–H and O–H groups in total. The minimum absolute atomic E-state index is 0.261. The van der Waals surface area contributed by atoms with Gasteiger partial charge in [-0.1, -0.05) is 12.1 Å². The number of H-pyrrole nitrogens is 1. The third-order valence-corrected chi connectivity index (χ3v) is 5.19. The summed E-state index contributed by atoms with van der Waals surface area (Å²) in [7, 11) is 1.84. The molecule has 5 rings (SSSR count). The van der Waals surface area contributed by atoms with E-state index in [0.717, 1.165) is 40.3 Å². The number of benzene rings is 1. The van der Waals surface area contributed by atoms with Gasteiger partial charge < -0.3 is 14.7 Å². The number of anilines is 1. The molecular weight excluding hydrogens is 395 g/mol. The lowest BCUT2D eigenvalue weighted by atomic mass is 10.1. The van der Waals surface area contributed by atoms with E-state index in [9.17, 15) is 4.39 Å². The molecule has 0 unspecified atom stereocenters. The molecule has 0 amide bonds. The molecule has 31 heavy (non-hydrogen) atoms. The van der Waals surface area contributed by atoms with Gasteiger partial charge in [0.15, 0.2) is 5.65 Å². The van der Waals surface area contributed by atoms with Gasteiger partial charge >= 0.3 is 0 Å². The molecule has 0 bridgehead atoms. The number of halogens is 1. The van der Waals surface area contributed by atoms with Gasteiger partial charge in [0.1, 0.15) is 22.9 Å². The summed E-state index contributed by atoms with van der Waals surface area (Å²) in [4.78, 5) is 12.2. The monoisotopic (exact) mass is 416 g/mol. The highest BCUT2D eigenvalue weighted by Gasteiger charge is 2.11. The number of pyridine rings is 1. The SMILES string of the molecule is Cn1cc(-c2ccc(CNc3ccnc4nc(CCc5ccco5)[nH]c34)c(F)c2)cn1. The van der Waals surface area contributed by atoms with E-state index >= 15 is 0 Å². The Labute approximate surface area is 178 Å². The maximum Gasteiger partial charge on any atom is 0.179 e. The maximum atomic E-state index is 14.7. The second kappa shape index (κ2) is 8.06. The number of aryl methyl sites for hydroxylation is 3. The molecule has 0 radical (unpaired) electrons. The Hall–Kier alpha value is -3.94. The minimum atomic E-state index is -0.261. The third kappa shape index (κ3) is 4.05. The van der Waals surface area contributed by atoms with Gasteiger partial charge in [-0.3, -0.25) is 4.68 Å². The van der Waals surface area contributed by atoms with Crippen molar-refractivity contribution in [2.45, 2.75) is 19.4 Å². The minimum Gasteiger partial charge on any atom is -0.469 e. The smallest absolute Gasteiger partial charge is 0.179 e. The average Bonchev–Trinajstić information content (AvgIpc) is 3.52. The summed E-state index contributed by atoms with van der Waals surface area (Å²) >= 11 is 0. The zero-order valence-corrected chi connectivity index (χ0v) is 17.0. The van der Waals surface area contributed by atoms with Crippen LogP contribution in [0.1, 0.15) is 17.1 Å². The Balaban J connectivity index is 1.31. The lowest BCUT2D eigenvalue weighted by Gasteiger charge is -2.09. The van der Waals surface area contributed by atoms with E-state index in [1.807, 2.05) is 37.5 Å². The first-order chi connectivity index (χ1) is 15.2. The summed E-state index contributed by atoms with van der Waals surface area (Å²) in [6.45, 7) is 0.346. The van der Waals surface area contributed by atoms with Crippen molar-refractivity contribution >= 4 is 16.9 Å². The molecule has 0 fully saturated rings. The molecule has 0 spiro atoms. The van der Waals surface area contributed by atoms with E-state index in [4.69, 9.17) is 4.42 Å². The molecule has 0 saturated carbocycles. The van der Waals surface area contributed by atoms with Gasteiger partial charge in [0.05, 0.1) is 18.1 Å². The van der Waals surface area contributed by atoms with Crippen LogP contribution in [0.3, 0.4) is 0 Å². The van der Waals surface area contributed by atoms with Crippen LogP contribution in [0, 0.1) is 5.82 Å². The summed E-state index contributed by atoms with van der Waals surface area (Å²) in [5.74, 6) is 1.49. The Morgan fingerprint density at radius 1 is 1.16 bits per heavy atom. The van der Waals surface area contributed by atoms with Crippen molar-refractivity contribution in [1.82, 2.24) is 24.7 Å². The molecule has 4 aromatic heterocycles. The van der Waals surface area contributed by atoms with Crippen LogP contribution in [0.2, 0.25) is 0 Å². The first-order valence-electron chi connectivity index (χ1n) is 10.0. The van der Waals surface area contributed by atoms with Crippen molar-refractivity contribution in [3.05, 3.63) is 84.2 Å². The molecule has 8 heteroatoms. The van der Waals surface area contributed by atoms with Gasteiger partial charge in [-0.2, -0.15) is 5.10 Å². The third-order valence-electron chi connectivity index (χ3n) is 5.19. The van der Waals surface area contributed by atoms with E-state index in [0.29, 0.717) is 24.2 Å². The van der Waals surface area contributed by atoms with Crippen molar-refractivity contribution in [3.8, 4) is 11.1 Å². The van der Waals surface area contributed by atoms with Crippen molar-refractivity contribution in [2.24, 2.45) is 7.05 Å². The largest absolute Gasteiger partial charge is 0.469 e. The molecule has 0 aliphatic rings. The van der Waals surface area contributed by atoms with Crippen LogP contribution < -0.4 is 5.32 Å². The molecule has 7 nitrogen and oxygen atoms in total. The molecule has 0 saturated heterocycles. The van der Waals surface area contributed by atoms with E-state index in [-0.39, 0.29) is 5.82 Å². The van der Waals surface area contributed by atoms with Crippen molar-refractivity contribution < 1.29 is 8.81 Å². The van der Waals surface area contributed by atoms with Crippen molar-refractivity contribution in [1.29, 1.82) is 0 Å². The number of nitrogens with one attached hydrogen (secondary N) is 2. The fraction of sp³-hybridized carbons (Fsp3) is 0.174. The molecule has 156 valence electrons. The molecule has 1 aromatic carbocycles. The summed E-state index contributed by atoms with van der Waals surface area (Å²) in [5.41, 5.74) is 4.54. The predicted octanol–water partition coefficient (Wildman–Crippen LogP) is 4.49. The molecular formula is C23H21FN6O. The second-order valence-electron chi connectivity index (χ2n) is 7.38. The zero-order chi connectivity index (χ0) is 21.2. The quantitative estimate of drug-likeness (QED) is 0.408. The first kappa shape index (κ1) is 19.0. The molecule has 4 heterocycles. The van der Waals surface area contributed by atoms with Gasteiger partial charge in [0, 0.05) is 50.0 Å². The molecule has 5 aromatic rings. The fourth-order valence-electron chi connectivity index (χ4n) is 3.55. The van der Waals surface area contributed by atoms with Gasteiger partial charge in [-0.25, -0.2) is 14.4 Å². The number of hydrogen-bond acceptors (Lipinski definition) is 5. The number of imidazole rings is 1. The van der Waals surface area contributed by atoms with Crippen LogP contribution in [-0.4, -0.2) is 24.7 Å². The average molecular weight is 416 g/mol. The summed E-state index contributed by atoms with van der Waals surface area (Å²) in [5, 5.41) is 7.45. The summed E-state index contributed by atoms with van der Waals surface area (Å²) < 4.78 is 21.8. The van der Waals surface area contributed by atoms with Gasteiger partial charge in [0.25, 0.3) is 0 Å². The van der Waals surface area contributed by atoms with E-state index in [1.54, 1.807) is 35.5 Å². The number of hydrogen-bond donors (Lipinski definition) is 2. The Bertz CT molecular complexity index is 1320. The standard InChI is InChI=1S/C23H21FN6O/c1-30-14-17(13-27-30)15-4-5-16(19(24)11-15)12-26-20-8-9-25-23-22(20)28-21(29-23)7-6-18-3-2-10-31-18/h2-5,8-11,13-14H,6-7,12H2,1H3,(H2,25,26,28,29). The Kier molecular flexibility index (Phi) is 4.95. The topological polar surface area (TPSA) is 84.6 Å². The highest BCUT2D eigenvalue weighted by Crippen LogP contribution is 2.24. The maximum absolute atomic E-state index is 14.7. The number of aromatic nitrogens is 5. The van der Waals surface area contributed by atoms with Crippen LogP contribution in [-0.2, 0) is 26.4 Å². The number of aromatic amines is 1. The van der Waals surface area contributed by atoms with Crippen LogP contribution in [0.5, 0.6) is 0 Å². The molecule has 0 aliphatic carbocycles. The zero-order valence-electron chi connectivity index (χ0n) is 17.0. The van der Waals surface area contributed by atoms with E-state index < -0.39 is 0 Å². The lowest BCUT2D eigenvalue weighted by molar-refractivity contribution is 0.507. The molecule has 0 atom stereocenters. The number of furan rings is 1. The number of nitrogens with zero attached hydrogens (tertiary/aromatic N) is 4. The number of rotatable bonds is 7. The van der Waals surface area contributed by atoms with Crippen molar-refractivity contribution in [3.63, 3.8) is 0 Å². The van der Waals surface area contributed by atoms with Crippen LogP contribution in [0.15, 0.2) is 65.7 Å². The van der Waals surface area contributed by atoms with Gasteiger partial charge in [-0.15, -0.1) is 0 Å². The van der Waals surface area contributed by atoms with Crippen molar-refractivity contribution in [2.75, 3.05) is 5.32 Å². The lowest BCUT2D eigenvalue weighted by Crippen LogP contribution is -2.03. The Morgan fingerprint density at radius 3 is 2.87 bits per heavy atom. The van der Waals surface area contributed by atoms with E-state index in [1.165, 1.54) is 0 Å². The highest BCUT2D eigenvalue weighted by atomic mass is 19.1. The second-order valence-corrected chi connectivity index (χ2v) is 7.38. The van der Waals surface area contributed by atoms with Crippen LogP contribution in [0.25, 0.3) is 22.3 Å². The predicted molar refractivity (Wildman–Crippen MR) is 116 cm³/mol. The Morgan fingerprint density at radius 2 is 2.10 bits per heavy atom. The van der Waals surface area contributed by atoms with E-state index in [2.05, 4.69) is 25.4 Å². The molecule has 0 aliphatic heterocycles. The fourth-order valence-corrected chi connectivity index (χ4v) is 3.55. The number of fused-ring (bicyclic) bond motifs is 1.